The Labute approximate surface area is 149 Å². The molecule has 0 aromatic carbocycles. The molecule has 3 aliphatic rings. The molecule has 2 heterocycles. The molecule has 0 amide bonds. The average Bonchev–Trinajstić information content (AvgIpc) is 2.87. The number of nitrogen functional groups attached to an aromatic ring is 1. The number of nitrogens with two attached hydrogens (primary N) is 1. The number of nitrogens with zero attached hydrogens (tertiary/aromatic N) is 4. The molecule has 2 aromatic heterocycles. The van der Waals surface area contributed by atoms with Crippen LogP contribution in [-0.2, 0) is 6.42 Å². The standard InChI is InChI=1S/C19H29N5O/c1-4-6-13(3)25-17-22-15(20)16-21-9-14(24(16)23-17)8-19-10-18(11-19,12-19)7-5-2/h9,13H,4-8,10-12H2,1-3H3,(H2,20,22,23)/t13-,18?,19?/m0/s1. The van der Waals surface area contributed by atoms with Crippen molar-refractivity contribution in [1.82, 2.24) is 19.6 Å². The van der Waals surface area contributed by atoms with Crippen LogP contribution in [0.1, 0.15) is 71.4 Å². The third-order valence-electron chi connectivity index (χ3n) is 6.03. The van der Waals surface area contributed by atoms with Crippen molar-refractivity contribution in [3.8, 4) is 6.01 Å². The van der Waals surface area contributed by atoms with Crippen LogP contribution in [0, 0.1) is 10.8 Å². The lowest BCUT2D eigenvalue weighted by atomic mass is 9.33. The second-order valence-corrected chi connectivity index (χ2v) is 8.44. The molecule has 2 bridgehead atoms. The van der Waals surface area contributed by atoms with Gasteiger partial charge in [0.25, 0.3) is 0 Å². The smallest absolute Gasteiger partial charge is 0.336 e. The summed E-state index contributed by atoms with van der Waals surface area (Å²) in [5.41, 5.74) is 8.99. The molecule has 2 aromatic rings. The summed E-state index contributed by atoms with van der Waals surface area (Å²) in [6, 6.07) is 0.352. The first-order chi connectivity index (χ1) is 12.0. The molecule has 0 radical (unpaired) electrons. The Hall–Kier alpha value is -1.85. The monoisotopic (exact) mass is 343 g/mol. The van der Waals surface area contributed by atoms with E-state index in [1.54, 1.807) is 0 Å². The molecule has 6 heteroatoms. The summed E-state index contributed by atoms with van der Waals surface area (Å²) in [5.74, 6) is 0.389. The third-order valence-corrected chi connectivity index (χ3v) is 6.03. The van der Waals surface area contributed by atoms with Crippen LogP contribution in [0.15, 0.2) is 6.20 Å². The van der Waals surface area contributed by atoms with Gasteiger partial charge in [0.2, 0.25) is 0 Å². The molecule has 1 atom stereocenters. The van der Waals surface area contributed by atoms with E-state index in [4.69, 9.17) is 10.5 Å². The fourth-order valence-corrected chi connectivity index (χ4v) is 5.34. The van der Waals surface area contributed by atoms with E-state index in [2.05, 4.69) is 28.9 Å². The zero-order chi connectivity index (χ0) is 17.7. The van der Waals surface area contributed by atoms with E-state index in [1.165, 1.54) is 32.1 Å². The van der Waals surface area contributed by atoms with E-state index < -0.39 is 0 Å². The molecule has 0 spiro atoms. The van der Waals surface area contributed by atoms with Gasteiger partial charge in [-0.25, -0.2) is 9.50 Å². The normalized spacial score (nSPS) is 28.4. The molecule has 3 saturated carbocycles. The van der Waals surface area contributed by atoms with Crippen LogP contribution in [0.4, 0.5) is 5.82 Å². The highest BCUT2D eigenvalue weighted by molar-refractivity contribution is 5.59. The number of fused-ring (bicyclic) bond motifs is 1. The van der Waals surface area contributed by atoms with Crippen LogP contribution >= 0.6 is 0 Å². The molecule has 0 aliphatic heterocycles. The molecule has 3 aliphatic carbocycles. The first-order valence-corrected chi connectivity index (χ1v) is 9.65. The number of hydrogen-bond acceptors (Lipinski definition) is 5. The number of anilines is 1. The maximum atomic E-state index is 6.09. The van der Waals surface area contributed by atoms with Crippen LogP contribution in [0.3, 0.4) is 0 Å². The quantitative estimate of drug-likeness (QED) is 0.789. The fourth-order valence-electron chi connectivity index (χ4n) is 5.34. The minimum absolute atomic E-state index is 0.0836. The minimum Gasteiger partial charge on any atom is -0.459 e. The molecule has 25 heavy (non-hydrogen) atoms. The van der Waals surface area contributed by atoms with Crippen molar-refractivity contribution in [2.75, 3.05) is 5.73 Å². The van der Waals surface area contributed by atoms with Gasteiger partial charge in [-0.05, 0) is 56.3 Å². The second-order valence-electron chi connectivity index (χ2n) is 8.44. The van der Waals surface area contributed by atoms with Crippen LogP contribution in [0.2, 0.25) is 0 Å². The Morgan fingerprint density at radius 3 is 2.68 bits per heavy atom. The van der Waals surface area contributed by atoms with Crippen LogP contribution < -0.4 is 10.5 Å². The third kappa shape index (κ3) is 2.75. The predicted molar refractivity (Wildman–Crippen MR) is 97.5 cm³/mol. The number of imidazole rings is 1. The molecular formula is C19H29N5O. The molecule has 5 rings (SSSR count). The Kier molecular flexibility index (Phi) is 3.89. The lowest BCUT2D eigenvalue weighted by Crippen LogP contribution is -2.62. The first-order valence-electron chi connectivity index (χ1n) is 9.65. The molecular weight excluding hydrogens is 314 g/mol. The van der Waals surface area contributed by atoms with E-state index in [0.29, 0.717) is 28.3 Å². The van der Waals surface area contributed by atoms with Crippen molar-refractivity contribution in [1.29, 1.82) is 0 Å². The zero-order valence-electron chi connectivity index (χ0n) is 15.6. The van der Waals surface area contributed by atoms with Gasteiger partial charge >= 0.3 is 6.01 Å². The van der Waals surface area contributed by atoms with E-state index >= 15 is 0 Å². The molecule has 136 valence electrons. The highest BCUT2D eigenvalue weighted by Crippen LogP contribution is 2.76. The topological polar surface area (TPSA) is 78.3 Å². The van der Waals surface area contributed by atoms with E-state index in [1.807, 2.05) is 17.6 Å². The van der Waals surface area contributed by atoms with Gasteiger partial charge in [-0.2, -0.15) is 4.98 Å². The van der Waals surface area contributed by atoms with Gasteiger partial charge in [0, 0.05) is 0 Å². The molecule has 0 unspecified atom stereocenters. The van der Waals surface area contributed by atoms with Gasteiger partial charge in [0.05, 0.1) is 18.0 Å². The van der Waals surface area contributed by atoms with E-state index in [9.17, 15) is 0 Å². The lowest BCUT2D eigenvalue weighted by Gasteiger charge is -2.71. The summed E-state index contributed by atoms with van der Waals surface area (Å²) in [6.45, 7) is 6.47. The van der Waals surface area contributed by atoms with Gasteiger partial charge in [-0.15, -0.1) is 5.10 Å². The highest BCUT2D eigenvalue weighted by Gasteiger charge is 2.66. The largest absolute Gasteiger partial charge is 0.459 e. The van der Waals surface area contributed by atoms with Gasteiger partial charge in [-0.3, -0.25) is 0 Å². The van der Waals surface area contributed by atoms with Crippen LogP contribution in [0.25, 0.3) is 5.65 Å². The number of aromatic nitrogens is 4. The molecule has 0 saturated heterocycles. The Morgan fingerprint density at radius 1 is 1.24 bits per heavy atom. The zero-order valence-corrected chi connectivity index (χ0v) is 15.6. The molecule has 6 nitrogen and oxygen atoms in total. The van der Waals surface area contributed by atoms with Gasteiger partial charge < -0.3 is 10.5 Å². The van der Waals surface area contributed by atoms with Crippen LogP contribution in [0.5, 0.6) is 6.01 Å². The molecule has 3 fully saturated rings. The van der Waals surface area contributed by atoms with Crippen molar-refractivity contribution < 1.29 is 4.74 Å². The Morgan fingerprint density at radius 2 is 2.00 bits per heavy atom. The SMILES string of the molecule is CCC[C@H](C)Oc1nc(N)c2ncc(CC34CC(CCC)(C3)C4)n2n1. The predicted octanol–water partition coefficient (Wildman–Crippen LogP) is 3.79. The highest BCUT2D eigenvalue weighted by atomic mass is 16.5. The molecule has 2 N–H and O–H groups in total. The lowest BCUT2D eigenvalue weighted by molar-refractivity contribution is -0.207. The summed E-state index contributed by atoms with van der Waals surface area (Å²) in [5, 5.41) is 4.57. The Bertz CT molecular complexity index is 764. The van der Waals surface area contributed by atoms with Crippen LogP contribution in [-0.4, -0.2) is 25.7 Å². The fraction of sp³-hybridized carbons (Fsp3) is 0.737. The summed E-state index contributed by atoms with van der Waals surface area (Å²) < 4.78 is 7.70. The summed E-state index contributed by atoms with van der Waals surface area (Å²) >= 11 is 0. The second kappa shape index (κ2) is 5.85. The number of ether oxygens (including phenoxy) is 1. The number of rotatable bonds is 8. The first kappa shape index (κ1) is 16.6. The Balaban J connectivity index is 1.53. The maximum Gasteiger partial charge on any atom is 0.336 e. The maximum absolute atomic E-state index is 6.09. The van der Waals surface area contributed by atoms with Crippen molar-refractivity contribution in [3.63, 3.8) is 0 Å². The van der Waals surface area contributed by atoms with Crippen molar-refractivity contribution in [2.24, 2.45) is 10.8 Å². The van der Waals surface area contributed by atoms with E-state index in [0.717, 1.165) is 25.0 Å². The number of hydrogen-bond donors (Lipinski definition) is 1. The van der Waals surface area contributed by atoms with E-state index in [-0.39, 0.29) is 6.10 Å². The average molecular weight is 343 g/mol. The summed E-state index contributed by atoms with van der Waals surface area (Å²) in [7, 11) is 0. The summed E-state index contributed by atoms with van der Waals surface area (Å²) in [6.07, 6.45) is 11.8. The minimum atomic E-state index is 0.0836. The summed E-state index contributed by atoms with van der Waals surface area (Å²) in [4.78, 5) is 8.72. The van der Waals surface area contributed by atoms with Gasteiger partial charge in [0.15, 0.2) is 11.5 Å². The van der Waals surface area contributed by atoms with Gasteiger partial charge in [-0.1, -0.05) is 26.7 Å². The van der Waals surface area contributed by atoms with Crippen molar-refractivity contribution in [3.05, 3.63) is 11.9 Å². The van der Waals surface area contributed by atoms with Gasteiger partial charge in [0.1, 0.15) is 0 Å². The van der Waals surface area contributed by atoms with Crippen molar-refractivity contribution >= 4 is 11.5 Å². The van der Waals surface area contributed by atoms with Crippen molar-refractivity contribution in [2.45, 2.75) is 78.2 Å².